The molecule has 3 aromatic rings. The molecule has 1 aromatic carbocycles. The Bertz CT molecular complexity index is 939. The van der Waals surface area contributed by atoms with Crippen LogP contribution in [-0.4, -0.2) is 64.0 Å². The first-order chi connectivity index (χ1) is 13.7. The molecule has 8 nitrogen and oxygen atoms in total. The largest absolute Gasteiger partial charge is 0.379 e. The number of halogens is 1. The fourth-order valence-corrected chi connectivity index (χ4v) is 3.41. The molecule has 148 valence electrons. The smallest absolute Gasteiger partial charge is 0.226 e. The van der Waals surface area contributed by atoms with Crippen LogP contribution >= 0.6 is 11.6 Å². The van der Waals surface area contributed by atoms with Crippen molar-refractivity contribution in [3.8, 4) is 0 Å². The van der Waals surface area contributed by atoms with Gasteiger partial charge in [0.15, 0.2) is 5.65 Å². The van der Waals surface area contributed by atoms with E-state index >= 15 is 0 Å². The SMILES string of the molecule is Cn1ncc2c(NCc3ccccc3Cl)nc(NCCN3CCOCC3)nc21. The number of anilines is 2. The molecule has 28 heavy (non-hydrogen) atoms. The number of morpholine rings is 1. The van der Waals surface area contributed by atoms with Gasteiger partial charge >= 0.3 is 0 Å². The van der Waals surface area contributed by atoms with Crippen LogP contribution in [0.1, 0.15) is 5.56 Å². The van der Waals surface area contributed by atoms with Gasteiger partial charge in [-0.05, 0) is 11.6 Å². The van der Waals surface area contributed by atoms with Crippen molar-refractivity contribution in [3.05, 3.63) is 41.0 Å². The van der Waals surface area contributed by atoms with Gasteiger partial charge in [-0.3, -0.25) is 9.58 Å². The molecule has 1 saturated heterocycles. The number of hydrogen-bond acceptors (Lipinski definition) is 7. The number of benzene rings is 1. The van der Waals surface area contributed by atoms with Crippen LogP contribution in [0.2, 0.25) is 5.02 Å². The third kappa shape index (κ3) is 4.35. The number of aryl methyl sites for hydroxylation is 1. The number of aromatic nitrogens is 4. The lowest BCUT2D eigenvalue weighted by Gasteiger charge is -2.26. The Morgan fingerprint density at radius 3 is 2.79 bits per heavy atom. The van der Waals surface area contributed by atoms with Crippen molar-refractivity contribution in [2.24, 2.45) is 7.05 Å². The molecule has 0 aliphatic carbocycles. The molecule has 1 aliphatic rings. The van der Waals surface area contributed by atoms with E-state index in [9.17, 15) is 0 Å². The van der Waals surface area contributed by atoms with Gasteiger partial charge in [-0.15, -0.1) is 0 Å². The zero-order chi connectivity index (χ0) is 19.3. The summed E-state index contributed by atoms with van der Waals surface area (Å²) in [4.78, 5) is 11.7. The van der Waals surface area contributed by atoms with Gasteiger partial charge in [0.1, 0.15) is 5.82 Å². The van der Waals surface area contributed by atoms with Crippen LogP contribution in [0.25, 0.3) is 11.0 Å². The fourth-order valence-electron chi connectivity index (χ4n) is 3.21. The van der Waals surface area contributed by atoms with Crippen LogP contribution in [0, 0.1) is 0 Å². The first-order valence-electron chi connectivity index (χ1n) is 9.42. The average molecular weight is 402 g/mol. The summed E-state index contributed by atoms with van der Waals surface area (Å²) in [6, 6.07) is 7.78. The monoisotopic (exact) mass is 401 g/mol. The van der Waals surface area contributed by atoms with Gasteiger partial charge in [-0.1, -0.05) is 29.8 Å². The molecule has 0 atom stereocenters. The van der Waals surface area contributed by atoms with E-state index in [0.29, 0.717) is 12.5 Å². The lowest BCUT2D eigenvalue weighted by molar-refractivity contribution is 0.0398. The molecule has 2 N–H and O–H groups in total. The number of nitrogens with zero attached hydrogens (tertiary/aromatic N) is 5. The molecule has 4 rings (SSSR count). The molecule has 2 aromatic heterocycles. The predicted molar refractivity (Wildman–Crippen MR) is 111 cm³/mol. The standard InChI is InChI=1S/C19H24ClN7O/c1-26-18-15(13-23-26)17(22-12-14-4-2-3-5-16(14)20)24-19(25-18)21-6-7-27-8-10-28-11-9-27/h2-5,13H,6-12H2,1H3,(H2,21,22,24,25). The van der Waals surface area contributed by atoms with Crippen molar-refractivity contribution in [3.63, 3.8) is 0 Å². The van der Waals surface area contributed by atoms with Gasteiger partial charge in [0, 0.05) is 44.8 Å². The summed E-state index contributed by atoms with van der Waals surface area (Å²) in [7, 11) is 1.88. The van der Waals surface area contributed by atoms with E-state index in [4.69, 9.17) is 16.3 Å². The van der Waals surface area contributed by atoms with E-state index in [1.165, 1.54) is 0 Å². The second-order valence-electron chi connectivity index (χ2n) is 6.73. The maximum absolute atomic E-state index is 6.27. The van der Waals surface area contributed by atoms with Crippen LogP contribution in [0.15, 0.2) is 30.5 Å². The summed E-state index contributed by atoms with van der Waals surface area (Å²) in [6.07, 6.45) is 1.78. The molecule has 0 unspecified atom stereocenters. The van der Waals surface area contributed by atoms with Gasteiger partial charge in [-0.25, -0.2) is 0 Å². The Morgan fingerprint density at radius 1 is 1.14 bits per heavy atom. The van der Waals surface area contributed by atoms with Crippen LogP contribution in [-0.2, 0) is 18.3 Å². The summed E-state index contributed by atoms with van der Waals surface area (Å²) < 4.78 is 7.14. The maximum atomic E-state index is 6.27. The normalized spacial score (nSPS) is 15.1. The first kappa shape index (κ1) is 18.9. The topological polar surface area (TPSA) is 80.1 Å². The Kier molecular flexibility index (Phi) is 5.90. The van der Waals surface area contributed by atoms with Crippen LogP contribution in [0.4, 0.5) is 11.8 Å². The zero-order valence-electron chi connectivity index (χ0n) is 15.9. The molecule has 0 bridgehead atoms. The number of rotatable bonds is 7. The highest BCUT2D eigenvalue weighted by Gasteiger charge is 2.13. The van der Waals surface area contributed by atoms with Crippen molar-refractivity contribution < 1.29 is 4.74 Å². The molecule has 1 fully saturated rings. The lowest BCUT2D eigenvalue weighted by atomic mass is 10.2. The second-order valence-corrected chi connectivity index (χ2v) is 7.13. The Labute approximate surface area is 168 Å². The highest BCUT2D eigenvalue weighted by Crippen LogP contribution is 2.23. The number of nitrogens with one attached hydrogen (secondary N) is 2. The Morgan fingerprint density at radius 2 is 1.96 bits per heavy atom. The average Bonchev–Trinajstić information content (AvgIpc) is 3.09. The third-order valence-electron chi connectivity index (χ3n) is 4.81. The summed E-state index contributed by atoms with van der Waals surface area (Å²) in [5, 5.41) is 12.7. The van der Waals surface area contributed by atoms with E-state index in [2.05, 4.69) is 30.6 Å². The number of ether oxygens (including phenoxy) is 1. The van der Waals surface area contributed by atoms with Crippen LogP contribution in [0.3, 0.4) is 0 Å². The van der Waals surface area contributed by atoms with Gasteiger partial charge in [0.2, 0.25) is 5.95 Å². The van der Waals surface area contributed by atoms with Crippen molar-refractivity contribution in [1.82, 2.24) is 24.6 Å². The van der Waals surface area contributed by atoms with Crippen molar-refractivity contribution in [2.75, 3.05) is 50.0 Å². The van der Waals surface area contributed by atoms with Gasteiger partial charge in [0.05, 0.1) is 24.8 Å². The third-order valence-corrected chi connectivity index (χ3v) is 5.18. The lowest BCUT2D eigenvalue weighted by Crippen LogP contribution is -2.39. The van der Waals surface area contributed by atoms with Crippen molar-refractivity contribution in [1.29, 1.82) is 0 Å². The van der Waals surface area contributed by atoms with E-state index in [0.717, 1.165) is 66.8 Å². The number of fused-ring (bicyclic) bond motifs is 1. The molecule has 3 heterocycles. The highest BCUT2D eigenvalue weighted by atomic mass is 35.5. The molecule has 0 amide bonds. The summed E-state index contributed by atoms with van der Waals surface area (Å²) in [5.41, 5.74) is 1.80. The fraction of sp³-hybridized carbons (Fsp3) is 0.421. The molecule has 9 heteroatoms. The first-order valence-corrected chi connectivity index (χ1v) is 9.79. The van der Waals surface area contributed by atoms with Gasteiger partial charge in [0.25, 0.3) is 0 Å². The minimum absolute atomic E-state index is 0.577. The van der Waals surface area contributed by atoms with E-state index in [1.807, 2.05) is 31.3 Å². The quantitative estimate of drug-likeness (QED) is 0.629. The highest BCUT2D eigenvalue weighted by molar-refractivity contribution is 6.31. The van der Waals surface area contributed by atoms with E-state index in [-0.39, 0.29) is 0 Å². The van der Waals surface area contributed by atoms with E-state index < -0.39 is 0 Å². The zero-order valence-corrected chi connectivity index (χ0v) is 16.6. The molecular formula is C19H24ClN7O. The molecule has 0 spiro atoms. The number of hydrogen-bond donors (Lipinski definition) is 2. The van der Waals surface area contributed by atoms with Crippen LogP contribution in [0.5, 0.6) is 0 Å². The molecular weight excluding hydrogens is 378 g/mol. The molecule has 0 saturated carbocycles. The summed E-state index contributed by atoms with van der Waals surface area (Å²) >= 11 is 6.27. The van der Waals surface area contributed by atoms with Crippen LogP contribution < -0.4 is 10.6 Å². The van der Waals surface area contributed by atoms with Crippen molar-refractivity contribution in [2.45, 2.75) is 6.54 Å². The second kappa shape index (κ2) is 8.72. The minimum atomic E-state index is 0.577. The predicted octanol–water partition coefficient (Wildman–Crippen LogP) is 2.37. The van der Waals surface area contributed by atoms with Gasteiger partial charge in [-0.2, -0.15) is 15.1 Å². The summed E-state index contributed by atoms with van der Waals surface area (Å²) in [6.45, 7) is 5.81. The van der Waals surface area contributed by atoms with Gasteiger partial charge < -0.3 is 15.4 Å². The Balaban J connectivity index is 1.48. The molecule has 1 aliphatic heterocycles. The maximum Gasteiger partial charge on any atom is 0.226 e. The summed E-state index contributed by atoms with van der Waals surface area (Å²) in [5.74, 6) is 1.33. The minimum Gasteiger partial charge on any atom is -0.379 e. The van der Waals surface area contributed by atoms with E-state index in [1.54, 1.807) is 10.9 Å². The van der Waals surface area contributed by atoms with Crippen molar-refractivity contribution >= 4 is 34.4 Å². The molecule has 0 radical (unpaired) electrons. The Hall–Kier alpha value is -2.42.